The molecule has 1 heterocycles. The van der Waals surface area contributed by atoms with Crippen molar-refractivity contribution < 1.29 is 4.74 Å². The van der Waals surface area contributed by atoms with Crippen molar-refractivity contribution in [2.24, 2.45) is 0 Å². The number of rotatable bonds is 5. The van der Waals surface area contributed by atoms with Crippen LogP contribution in [0.4, 0.5) is 0 Å². The molecule has 2 atom stereocenters. The minimum Gasteiger partial charge on any atom is -0.373 e. The third-order valence-corrected chi connectivity index (χ3v) is 3.67. The van der Waals surface area contributed by atoms with Crippen molar-refractivity contribution in [1.82, 2.24) is 15.3 Å². The topological polar surface area (TPSA) is 47.0 Å². The van der Waals surface area contributed by atoms with E-state index in [9.17, 15) is 0 Å². The molecule has 0 aromatic carbocycles. The standard InChI is InChI=1S/C14H23N3O/c1-4-6-13(18-3)14-16-9-10-11(15-2)7-5-8-12(10)17-14/h9,11,13,15H,4-8H2,1-3H3. The zero-order chi connectivity index (χ0) is 13.0. The van der Waals surface area contributed by atoms with Gasteiger partial charge < -0.3 is 10.1 Å². The predicted octanol–water partition coefficient (Wildman–Crippen LogP) is 2.56. The maximum Gasteiger partial charge on any atom is 0.157 e. The zero-order valence-corrected chi connectivity index (χ0v) is 11.6. The molecule has 2 unspecified atom stereocenters. The summed E-state index contributed by atoms with van der Waals surface area (Å²) in [7, 11) is 3.74. The Kier molecular flexibility index (Phi) is 4.66. The van der Waals surface area contributed by atoms with Gasteiger partial charge in [0, 0.05) is 30.6 Å². The Labute approximate surface area is 109 Å². The molecule has 0 aliphatic heterocycles. The van der Waals surface area contributed by atoms with Gasteiger partial charge in [-0.2, -0.15) is 0 Å². The van der Waals surface area contributed by atoms with E-state index in [0.717, 1.165) is 25.1 Å². The van der Waals surface area contributed by atoms with Crippen molar-refractivity contribution in [2.75, 3.05) is 14.2 Å². The van der Waals surface area contributed by atoms with Crippen molar-refractivity contribution in [3.8, 4) is 0 Å². The van der Waals surface area contributed by atoms with Gasteiger partial charge in [-0.25, -0.2) is 9.97 Å². The van der Waals surface area contributed by atoms with E-state index in [-0.39, 0.29) is 6.10 Å². The Bertz CT molecular complexity index is 395. The highest BCUT2D eigenvalue weighted by atomic mass is 16.5. The number of ether oxygens (including phenoxy) is 1. The number of methoxy groups -OCH3 is 1. The second-order valence-electron chi connectivity index (χ2n) is 4.88. The maximum absolute atomic E-state index is 5.48. The summed E-state index contributed by atoms with van der Waals surface area (Å²) in [4.78, 5) is 9.23. The lowest BCUT2D eigenvalue weighted by Crippen LogP contribution is -2.23. The summed E-state index contributed by atoms with van der Waals surface area (Å²) < 4.78 is 5.48. The van der Waals surface area contributed by atoms with Crippen LogP contribution in [0.25, 0.3) is 0 Å². The molecule has 18 heavy (non-hydrogen) atoms. The van der Waals surface area contributed by atoms with E-state index < -0.39 is 0 Å². The zero-order valence-electron chi connectivity index (χ0n) is 11.6. The molecule has 4 nitrogen and oxygen atoms in total. The van der Waals surface area contributed by atoms with Gasteiger partial charge in [0.25, 0.3) is 0 Å². The summed E-state index contributed by atoms with van der Waals surface area (Å²) in [6, 6.07) is 0.412. The fraction of sp³-hybridized carbons (Fsp3) is 0.714. The van der Waals surface area contributed by atoms with Gasteiger partial charge in [-0.1, -0.05) is 13.3 Å². The Hall–Kier alpha value is -1.00. The second kappa shape index (κ2) is 6.25. The molecule has 4 heteroatoms. The molecule has 1 aliphatic rings. The first kappa shape index (κ1) is 13.4. The van der Waals surface area contributed by atoms with Crippen LogP contribution in [-0.2, 0) is 11.2 Å². The molecule has 1 aromatic heterocycles. The first-order valence-corrected chi connectivity index (χ1v) is 6.85. The molecule has 0 fully saturated rings. The largest absolute Gasteiger partial charge is 0.373 e. The Morgan fingerprint density at radius 3 is 3.06 bits per heavy atom. The van der Waals surface area contributed by atoms with Crippen LogP contribution in [0.3, 0.4) is 0 Å². The van der Waals surface area contributed by atoms with Gasteiger partial charge in [0.1, 0.15) is 6.10 Å². The Balaban J connectivity index is 2.25. The van der Waals surface area contributed by atoms with Gasteiger partial charge in [0.15, 0.2) is 5.82 Å². The average Bonchev–Trinajstić information content (AvgIpc) is 2.43. The SMILES string of the molecule is CCCC(OC)c1ncc2c(n1)CCCC2NC. The lowest BCUT2D eigenvalue weighted by molar-refractivity contribution is 0.0872. The fourth-order valence-electron chi connectivity index (χ4n) is 2.63. The third kappa shape index (κ3) is 2.70. The van der Waals surface area contributed by atoms with Crippen molar-refractivity contribution in [3.05, 3.63) is 23.3 Å². The van der Waals surface area contributed by atoms with Gasteiger partial charge >= 0.3 is 0 Å². The number of fused-ring (bicyclic) bond motifs is 1. The van der Waals surface area contributed by atoms with Crippen molar-refractivity contribution in [3.63, 3.8) is 0 Å². The van der Waals surface area contributed by atoms with Gasteiger partial charge in [0.2, 0.25) is 0 Å². The normalized spacial score (nSPS) is 20.5. The lowest BCUT2D eigenvalue weighted by atomic mass is 9.92. The van der Waals surface area contributed by atoms with Crippen LogP contribution in [0.1, 0.15) is 61.8 Å². The first-order valence-electron chi connectivity index (χ1n) is 6.85. The maximum atomic E-state index is 5.48. The van der Waals surface area contributed by atoms with Crippen molar-refractivity contribution in [1.29, 1.82) is 0 Å². The van der Waals surface area contributed by atoms with E-state index in [4.69, 9.17) is 9.72 Å². The minimum absolute atomic E-state index is 0.0373. The second-order valence-corrected chi connectivity index (χ2v) is 4.88. The molecule has 1 aliphatic carbocycles. The van der Waals surface area contributed by atoms with Crippen molar-refractivity contribution in [2.45, 2.75) is 51.2 Å². The number of nitrogens with zero attached hydrogens (tertiary/aromatic N) is 2. The molecular weight excluding hydrogens is 226 g/mol. The smallest absolute Gasteiger partial charge is 0.157 e. The quantitative estimate of drug-likeness (QED) is 0.871. The number of aromatic nitrogens is 2. The lowest BCUT2D eigenvalue weighted by Gasteiger charge is -2.25. The molecule has 0 radical (unpaired) electrons. The van der Waals surface area contributed by atoms with E-state index in [1.165, 1.54) is 24.1 Å². The van der Waals surface area contributed by atoms with Gasteiger partial charge in [-0.3, -0.25) is 0 Å². The van der Waals surface area contributed by atoms with Crippen LogP contribution in [-0.4, -0.2) is 24.1 Å². The molecule has 0 saturated heterocycles. The van der Waals surface area contributed by atoms with Crippen LogP contribution >= 0.6 is 0 Å². The van der Waals surface area contributed by atoms with E-state index in [1.807, 2.05) is 13.2 Å². The average molecular weight is 249 g/mol. The molecule has 100 valence electrons. The van der Waals surface area contributed by atoms with Crippen LogP contribution in [0.2, 0.25) is 0 Å². The molecule has 2 rings (SSSR count). The molecule has 0 spiro atoms. The van der Waals surface area contributed by atoms with Crippen LogP contribution < -0.4 is 5.32 Å². The number of hydrogen-bond donors (Lipinski definition) is 1. The molecule has 0 bridgehead atoms. The number of nitrogens with one attached hydrogen (secondary N) is 1. The highest BCUT2D eigenvalue weighted by Gasteiger charge is 2.22. The number of aryl methyl sites for hydroxylation is 1. The van der Waals surface area contributed by atoms with E-state index in [2.05, 4.69) is 17.2 Å². The Morgan fingerprint density at radius 1 is 1.56 bits per heavy atom. The summed E-state index contributed by atoms with van der Waals surface area (Å²) in [6.07, 6.45) is 7.51. The van der Waals surface area contributed by atoms with Gasteiger partial charge in [0.05, 0.1) is 0 Å². The first-order chi connectivity index (χ1) is 8.80. The predicted molar refractivity (Wildman–Crippen MR) is 71.4 cm³/mol. The highest BCUT2D eigenvalue weighted by molar-refractivity contribution is 5.24. The third-order valence-electron chi connectivity index (χ3n) is 3.67. The minimum atomic E-state index is 0.0373. The van der Waals surface area contributed by atoms with E-state index in [1.54, 1.807) is 7.11 Å². The molecule has 1 aromatic rings. The summed E-state index contributed by atoms with van der Waals surface area (Å²) >= 11 is 0. The Morgan fingerprint density at radius 2 is 2.39 bits per heavy atom. The summed E-state index contributed by atoms with van der Waals surface area (Å²) in [6.45, 7) is 2.15. The molecule has 0 saturated carbocycles. The van der Waals surface area contributed by atoms with Crippen LogP contribution in [0.5, 0.6) is 0 Å². The van der Waals surface area contributed by atoms with E-state index >= 15 is 0 Å². The van der Waals surface area contributed by atoms with Crippen LogP contribution in [0.15, 0.2) is 6.20 Å². The fourth-order valence-corrected chi connectivity index (χ4v) is 2.63. The molecular formula is C14H23N3O. The molecule has 1 N–H and O–H groups in total. The summed E-state index contributed by atoms with van der Waals surface area (Å²) in [5, 5.41) is 3.34. The van der Waals surface area contributed by atoms with E-state index in [0.29, 0.717) is 6.04 Å². The van der Waals surface area contributed by atoms with Crippen molar-refractivity contribution >= 4 is 0 Å². The molecule has 0 amide bonds. The van der Waals surface area contributed by atoms with Gasteiger partial charge in [-0.15, -0.1) is 0 Å². The highest BCUT2D eigenvalue weighted by Crippen LogP contribution is 2.29. The van der Waals surface area contributed by atoms with Gasteiger partial charge in [-0.05, 0) is 32.7 Å². The summed E-state index contributed by atoms with van der Waals surface area (Å²) in [5.41, 5.74) is 2.46. The summed E-state index contributed by atoms with van der Waals surface area (Å²) in [5.74, 6) is 0.842. The van der Waals surface area contributed by atoms with Crippen LogP contribution in [0, 0.1) is 0 Å². The number of hydrogen-bond acceptors (Lipinski definition) is 4. The monoisotopic (exact) mass is 249 g/mol.